The van der Waals surface area contributed by atoms with Crippen molar-refractivity contribution in [3.63, 3.8) is 0 Å². The highest BCUT2D eigenvalue weighted by atomic mass is 19.4. The van der Waals surface area contributed by atoms with Gasteiger partial charge < -0.3 is 10.1 Å². The molecular weight excluding hydrogens is 254 g/mol. The second-order valence-electron chi connectivity index (χ2n) is 3.68. The summed E-state index contributed by atoms with van der Waals surface area (Å²) in [6, 6.07) is 3.59. The fourth-order valence-electron chi connectivity index (χ4n) is 1.66. The Morgan fingerprint density at radius 1 is 1.28 bits per heavy atom. The van der Waals surface area contributed by atoms with Crippen LogP contribution in [0.15, 0.2) is 23.0 Å². The highest BCUT2D eigenvalue weighted by Crippen LogP contribution is 2.31. The maximum atomic E-state index is 13.7. The molecule has 2 aromatic rings. The fraction of sp³-hybridized carbons (Fsp3) is 0.182. The number of hydrogen-bond acceptors (Lipinski definition) is 2. The van der Waals surface area contributed by atoms with E-state index in [9.17, 15) is 22.4 Å². The highest BCUT2D eigenvalue weighted by Gasteiger charge is 2.38. The van der Waals surface area contributed by atoms with Crippen LogP contribution in [0.1, 0.15) is 11.1 Å². The number of pyridine rings is 1. The Balaban J connectivity index is 2.84. The summed E-state index contributed by atoms with van der Waals surface area (Å²) in [6.07, 6.45) is -5.05. The highest BCUT2D eigenvalue weighted by molar-refractivity contribution is 5.80. The third-order valence-electron chi connectivity index (χ3n) is 2.48. The predicted octanol–water partition coefficient (Wildman–Crippen LogP) is 2.18. The molecule has 0 aliphatic heterocycles. The van der Waals surface area contributed by atoms with Crippen molar-refractivity contribution in [3.05, 3.63) is 45.5 Å². The van der Waals surface area contributed by atoms with Crippen LogP contribution < -0.4 is 5.56 Å². The van der Waals surface area contributed by atoms with Crippen LogP contribution in [0.4, 0.5) is 17.6 Å². The number of fused-ring (bicyclic) bond motifs is 1. The Morgan fingerprint density at radius 3 is 2.50 bits per heavy atom. The standard InChI is InChI=1S/C11H7F4NO2/c12-9-6-2-1-5(4-17)3-7(6)16-10(18)8(9)11(13,14)15/h1-3,17H,4H2,(H,16,18). The van der Waals surface area contributed by atoms with Crippen molar-refractivity contribution in [3.8, 4) is 0 Å². The summed E-state index contributed by atoms with van der Waals surface area (Å²) in [6.45, 7) is -0.361. The van der Waals surface area contributed by atoms with Crippen molar-refractivity contribution in [2.45, 2.75) is 12.8 Å². The minimum atomic E-state index is -5.05. The Kier molecular flexibility index (Phi) is 2.86. The van der Waals surface area contributed by atoms with Crippen molar-refractivity contribution >= 4 is 10.9 Å². The first-order valence-corrected chi connectivity index (χ1v) is 4.87. The summed E-state index contributed by atoms with van der Waals surface area (Å²) in [5, 5.41) is 8.51. The normalized spacial score (nSPS) is 12.1. The number of halogens is 4. The molecule has 0 aliphatic rings. The first-order chi connectivity index (χ1) is 8.34. The summed E-state index contributed by atoms with van der Waals surface area (Å²) >= 11 is 0. The van der Waals surface area contributed by atoms with Gasteiger partial charge in [0.05, 0.1) is 12.1 Å². The Labute approximate surface area is 97.7 Å². The number of aromatic nitrogens is 1. The van der Waals surface area contributed by atoms with E-state index < -0.39 is 23.1 Å². The molecule has 1 heterocycles. The van der Waals surface area contributed by atoms with E-state index in [0.29, 0.717) is 5.56 Å². The fourth-order valence-corrected chi connectivity index (χ4v) is 1.66. The predicted molar refractivity (Wildman–Crippen MR) is 55.5 cm³/mol. The maximum Gasteiger partial charge on any atom is 0.424 e. The van der Waals surface area contributed by atoms with Crippen LogP contribution in [0.2, 0.25) is 0 Å². The van der Waals surface area contributed by atoms with Gasteiger partial charge in [-0.15, -0.1) is 0 Å². The molecule has 0 saturated carbocycles. The molecule has 0 atom stereocenters. The topological polar surface area (TPSA) is 53.1 Å². The van der Waals surface area contributed by atoms with Gasteiger partial charge in [-0.25, -0.2) is 4.39 Å². The van der Waals surface area contributed by atoms with Crippen molar-refractivity contribution < 1.29 is 22.7 Å². The number of aliphatic hydroxyl groups excluding tert-OH is 1. The minimum Gasteiger partial charge on any atom is -0.392 e. The Hall–Kier alpha value is -1.89. The molecule has 0 aliphatic carbocycles. The summed E-state index contributed by atoms with van der Waals surface area (Å²) in [5.41, 5.74) is -3.11. The average Bonchev–Trinajstić information content (AvgIpc) is 2.26. The van der Waals surface area contributed by atoms with Gasteiger partial charge in [0, 0.05) is 5.39 Å². The van der Waals surface area contributed by atoms with Crippen LogP contribution in [0.25, 0.3) is 10.9 Å². The zero-order chi connectivity index (χ0) is 13.5. The van der Waals surface area contributed by atoms with Gasteiger partial charge in [0.2, 0.25) is 0 Å². The summed E-state index contributed by atoms with van der Waals surface area (Å²) in [7, 11) is 0. The monoisotopic (exact) mass is 261 g/mol. The van der Waals surface area contributed by atoms with E-state index in [-0.39, 0.29) is 17.5 Å². The van der Waals surface area contributed by atoms with E-state index >= 15 is 0 Å². The van der Waals surface area contributed by atoms with E-state index in [2.05, 4.69) is 0 Å². The molecule has 1 aromatic heterocycles. The third-order valence-corrected chi connectivity index (χ3v) is 2.48. The first-order valence-electron chi connectivity index (χ1n) is 4.87. The van der Waals surface area contributed by atoms with Crippen molar-refractivity contribution in [1.82, 2.24) is 4.98 Å². The number of aliphatic hydroxyl groups is 1. The minimum absolute atomic E-state index is 0.0861. The van der Waals surface area contributed by atoms with Crippen LogP contribution in [0.3, 0.4) is 0 Å². The van der Waals surface area contributed by atoms with Gasteiger partial charge in [-0.05, 0) is 17.7 Å². The van der Waals surface area contributed by atoms with Gasteiger partial charge in [0.15, 0.2) is 5.56 Å². The maximum absolute atomic E-state index is 13.7. The molecule has 2 rings (SSSR count). The molecule has 0 radical (unpaired) electrons. The van der Waals surface area contributed by atoms with Crippen molar-refractivity contribution in [2.75, 3.05) is 0 Å². The molecule has 18 heavy (non-hydrogen) atoms. The van der Waals surface area contributed by atoms with Crippen molar-refractivity contribution in [2.24, 2.45) is 0 Å². The second kappa shape index (κ2) is 4.09. The molecule has 0 saturated heterocycles. The number of nitrogens with one attached hydrogen (secondary N) is 1. The van der Waals surface area contributed by atoms with Gasteiger partial charge in [-0.2, -0.15) is 13.2 Å². The number of rotatable bonds is 1. The summed E-state index contributed by atoms with van der Waals surface area (Å²) < 4.78 is 51.1. The zero-order valence-electron chi connectivity index (χ0n) is 8.81. The molecular formula is C11H7F4NO2. The van der Waals surface area contributed by atoms with Gasteiger partial charge in [0.25, 0.3) is 5.56 Å². The van der Waals surface area contributed by atoms with Gasteiger partial charge >= 0.3 is 6.18 Å². The van der Waals surface area contributed by atoms with Crippen LogP contribution in [-0.4, -0.2) is 10.1 Å². The molecule has 0 amide bonds. The molecule has 96 valence electrons. The largest absolute Gasteiger partial charge is 0.424 e. The summed E-state index contributed by atoms with van der Waals surface area (Å²) in [5.74, 6) is -1.61. The number of H-pyrrole nitrogens is 1. The van der Waals surface area contributed by atoms with Gasteiger partial charge in [-0.3, -0.25) is 4.79 Å². The lowest BCUT2D eigenvalue weighted by molar-refractivity contribution is -0.140. The van der Waals surface area contributed by atoms with Crippen molar-refractivity contribution in [1.29, 1.82) is 0 Å². The lowest BCUT2D eigenvalue weighted by atomic mass is 10.1. The van der Waals surface area contributed by atoms with Crippen LogP contribution in [0, 0.1) is 5.82 Å². The van der Waals surface area contributed by atoms with Crippen LogP contribution >= 0.6 is 0 Å². The quantitative estimate of drug-likeness (QED) is 0.773. The van der Waals surface area contributed by atoms with Crippen LogP contribution in [-0.2, 0) is 12.8 Å². The second-order valence-corrected chi connectivity index (χ2v) is 3.68. The number of hydrogen-bond donors (Lipinski definition) is 2. The third kappa shape index (κ3) is 1.97. The number of alkyl halides is 3. The van der Waals surface area contributed by atoms with Gasteiger partial charge in [0.1, 0.15) is 5.82 Å². The zero-order valence-corrected chi connectivity index (χ0v) is 8.81. The molecule has 0 spiro atoms. The lowest BCUT2D eigenvalue weighted by Gasteiger charge is -2.09. The molecule has 2 N–H and O–H groups in total. The number of aromatic amines is 1. The molecule has 0 bridgehead atoms. The van der Waals surface area contributed by atoms with E-state index in [1.807, 2.05) is 4.98 Å². The van der Waals surface area contributed by atoms with E-state index in [0.717, 1.165) is 6.07 Å². The summed E-state index contributed by atoms with van der Waals surface area (Å²) in [4.78, 5) is 13.2. The van der Waals surface area contributed by atoms with Gasteiger partial charge in [-0.1, -0.05) is 6.07 Å². The van der Waals surface area contributed by atoms with Crippen LogP contribution in [0.5, 0.6) is 0 Å². The van der Waals surface area contributed by atoms with E-state index in [1.165, 1.54) is 12.1 Å². The average molecular weight is 261 g/mol. The lowest BCUT2D eigenvalue weighted by Crippen LogP contribution is -2.24. The van der Waals surface area contributed by atoms with E-state index in [1.54, 1.807) is 0 Å². The molecule has 0 fully saturated rings. The first kappa shape index (κ1) is 12.6. The smallest absolute Gasteiger partial charge is 0.392 e. The molecule has 3 nitrogen and oxygen atoms in total. The number of benzene rings is 1. The Morgan fingerprint density at radius 2 is 1.94 bits per heavy atom. The molecule has 1 aromatic carbocycles. The SMILES string of the molecule is O=c1[nH]c2cc(CO)ccc2c(F)c1C(F)(F)F. The molecule has 7 heteroatoms. The Bertz CT molecular complexity index is 660. The molecule has 0 unspecified atom stereocenters. The van der Waals surface area contributed by atoms with E-state index in [4.69, 9.17) is 5.11 Å².